The highest BCUT2D eigenvalue weighted by Crippen LogP contribution is 2.24. The van der Waals surface area contributed by atoms with E-state index in [1.165, 1.54) is 5.56 Å². The third-order valence-electron chi connectivity index (χ3n) is 2.01. The van der Waals surface area contributed by atoms with Gasteiger partial charge in [-0.15, -0.1) is 0 Å². The van der Waals surface area contributed by atoms with E-state index < -0.39 is 0 Å². The highest BCUT2D eigenvalue weighted by Gasteiger charge is 2.09. The zero-order chi connectivity index (χ0) is 8.81. The minimum absolute atomic E-state index is 0.251. The summed E-state index contributed by atoms with van der Waals surface area (Å²) >= 11 is 1.70. The third-order valence-corrected chi connectivity index (χ3v) is 2.71. The second-order valence-corrected chi connectivity index (χ2v) is 3.62. The summed E-state index contributed by atoms with van der Waals surface area (Å²) in [6.45, 7) is 0.945. The van der Waals surface area contributed by atoms with Crippen LogP contribution in [0.15, 0.2) is 16.8 Å². The Balaban J connectivity index is 2.53. The van der Waals surface area contributed by atoms with Crippen LogP contribution in [0.4, 0.5) is 0 Å². The van der Waals surface area contributed by atoms with Gasteiger partial charge in [0.05, 0.1) is 0 Å². The van der Waals surface area contributed by atoms with Gasteiger partial charge in [0.1, 0.15) is 0 Å². The van der Waals surface area contributed by atoms with Crippen LogP contribution >= 0.6 is 11.3 Å². The lowest BCUT2D eigenvalue weighted by Crippen LogP contribution is -2.08. The molecular weight excluding hydrogens is 170 g/mol. The molecular formula is C9H15NOS. The van der Waals surface area contributed by atoms with Crippen LogP contribution in [0.2, 0.25) is 0 Å². The Morgan fingerprint density at radius 1 is 1.50 bits per heavy atom. The van der Waals surface area contributed by atoms with E-state index in [4.69, 9.17) is 10.8 Å². The van der Waals surface area contributed by atoms with Crippen LogP contribution in [0.3, 0.4) is 0 Å². The quantitative estimate of drug-likeness (QED) is 0.731. The number of hydrogen-bond acceptors (Lipinski definition) is 3. The van der Waals surface area contributed by atoms with Crippen molar-refractivity contribution in [3.63, 3.8) is 0 Å². The Morgan fingerprint density at radius 2 is 2.33 bits per heavy atom. The summed E-state index contributed by atoms with van der Waals surface area (Å²) in [5.41, 5.74) is 6.81. The molecule has 0 unspecified atom stereocenters. The summed E-state index contributed by atoms with van der Waals surface area (Å²) in [5.74, 6) is 0.450. The van der Waals surface area contributed by atoms with Crippen LogP contribution in [-0.2, 0) is 0 Å². The van der Waals surface area contributed by atoms with Crippen molar-refractivity contribution in [1.29, 1.82) is 0 Å². The SMILES string of the molecule is NCC[C@@H](CCO)c1ccsc1. The van der Waals surface area contributed by atoms with Gasteiger partial charge in [-0.3, -0.25) is 0 Å². The third kappa shape index (κ3) is 2.59. The fourth-order valence-corrected chi connectivity index (χ4v) is 2.08. The summed E-state index contributed by atoms with van der Waals surface area (Å²) in [6.07, 6.45) is 1.80. The molecule has 2 nitrogen and oxygen atoms in total. The lowest BCUT2D eigenvalue weighted by Gasteiger charge is -2.12. The summed E-state index contributed by atoms with van der Waals surface area (Å²) in [7, 11) is 0. The predicted octanol–water partition coefficient (Wildman–Crippen LogP) is 1.56. The van der Waals surface area contributed by atoms with E-state index in [1.54, 1.807) is 11.3 Å². The lowest BCUT2D eigenvalue weighted by atomic mass is 9.95. The van der Waals surface area contributed by atoms with E-state index in [2.05, 4.69) is 16.8 Å². The Hall–Kier alpha value is -0.380. The van der Waals surface area contributed by atoms with E-state index in [-0.39, 0.29) is 6.61 Å². The largest absolute Gasteiger partial charge is 0.396 e. The second kappa shape index (κ2) is 5.30. The van der Waals surface area contributed by atoms with Gasteiger partial charge >= 0.3 is 0 Å². The number of nitrogens with two attached hydrogens (primary N) is 1. The molecule has 0 aliphatic carbocycles. The molecule has 12 heavy (non-hydrogen) atoms. The van der Waals surface area contributed by atoms with Gasteiger partial charge in [-0.05, 0) is 47.7 Å². The molecule has 0 aliphatic rings. The van der Waals surface area contributed by atoms with Gasteiger partial charge in [0, 0.05) is 6.61 Å². The van der Waals surface area contributed by atoms with Crippen LogP contribution in [0.5, 0.6) is 0 Å². The first-order valence-electron chi connectivity index (χ1n) is 4.21. The summed E-state index contributed by atoms with van der Waals surface area (Å²) in [5, 5.41) is 13.0. The van der Waals surface area contributed by atoms with E-state index in [0.29, 0.717) is 12.5 Å². The number of aliphatic hydroxyl groups excluding tert-OH is 1. The van der Waals surface area contributed by atoms with Gasteiger partial charge < -0.3 is 10.8 Å². The maximum absolute atomic E-state index is 8.82. The van der Waals surface area contributed by atoms with Crippen LogP contribution in [0.25, 0.3) is 0 Å². The Bertz CT molecular complexity index is 192. The molecule has 3 N–H and O–H groups in total. The van der Waals surface area contributed by atoms with Crippen molar-refractivity contribution in [3.05, 3.63) is 22.4 Å². The molecule has 0 fully saturated rings. The maximum Gasteiger partial charge on any atom is 0.0436 e. The smallest absolute Gasteiger partial charge is 0.0436 e. The average Bonchev–Trinajstić information content (AvgIpc) is 2.56. The van der Waals surface area contributed by atoms with E-state index in [9.17, 15) is 0 Å². The van der Waals surface area contributed by atoms with Crippen LogP contribution in [0, 0.1) is 0 Å². The first-order valence-corrected chi connectivity index (χ1v) is 5.15. The average molecular weight is 185 g/mol. The van der Waals surface area contributed by atoms with Crippen molar-refractivity contribution in [1.82, 2.24) is 0 Å². The molecule has 1 rings (SSSR count). The molecule has 1 atom stereocenters. The second-order valence-electron chi connectivity index (χ2n) is 2.84. The van der Waals surface area contributed by atoms with E-state index >= 15 is 0 Å². The zero-order valence-electron chi connectivity index (χ0n) is 7.07. The van der Waals surface area contributed by atoms with Crippen LogP contribution < -0.4 is 5.73 Å². The monoisotopic (exact) mass is 185 g/mol. The zero-order valence-corrected chi connectivity index (χ0v) is 7.89. The molecule has 0 spiro atoms. The molecule has 0 bridgehead atoms. The van der Waals surface area contributed by atoms with Crippen molar-refractivity contribution < 1.29 is 5.11 Å². The van der Waals surface area contributed by atoms with Gasteiger partial charge in [-0.25, -0.2) is 0 Å². The number of rotatable bonds is 5. The molecule has 0 radical (unpaired) electrons. The molecule has 0 saturated carbocycles. The van der Waals surface area contributed by atoms with Crippen molar-refractivity contribution in [2.75, 3.05) is 13.2 Å². The normalized spacial score (nSPS) is 13.2. The van der Waals surface area contributed by atoms with Crippen LogP contribution in [0.1, 0.15) is 24.3 Å². The van der Waals surface area contributed by atoms with Gasteiger partial charge in [0.15, 0.2) is 0 Å². The summed E-state index contributed by atoms with van der Waals surface area (Å²) < 4.78 is 0. The first-order chi connectivity index (χ1) is 5.88. The predicted molar refractivity (Wildman–Crippen MR) is 52.4 cm³/mol. The molecule has 1 heterocycles. The molecule has 0 saturated heterocycles. The topological polar surface area (TPSA) is 46.2 Å². The Morgan fingerprint density at radius 3 is 2.83 bits per heavy atom. The van der Waals surface area contributed by atoms with Crippen molar-refractivity contribution >= 4 is 11.3 Å². The van der Waals surface area contributed by atoms with E-state index in [1.807, 2.05) is 0 Å². The molecule has 1 aromatic heterocycles. The van der Waals surface area contributed by atoms with Gasteiger partial charge in [-0.1, -0.05) is 0 Å². The fourth-order valence-electron chi connectivity index (χ4n) is 1.34. The van der Waals surface area contributed by atoms with Gasteiger partial charge in [0.2, 0.25) is 0 Å². The minimum atomic E-state index is 0.251. The van der Waals surface area contributed by atoms with Crippen molar-refractivity contribution in [2.24, 2.45) is 5.73 Å². The molecule has 0 aromatic carbocycles. The number of hydrogen-bond donors (Lipinski definition) is 2. The maximum atomic E-state index is 8.82. The molecule has 68 valence electrons. The minimum Gasteiger partial charge on any atom is -0.396 e. The summed E-state index contributed by atoms with van der Waals surface area (Å²) in [4.78, 5) is 0. The van der Waals surface area contributed by atoms with Crippen molar-refractivity contribution in [2.45, 2.75) is 18.8 Å². The van der Waals surface area contributed by atoms with Crippen LogP contribution in [-0.4, -0.2) is 18.3 Å². The number of aliphatic hydroxyl groups is 1. The van der Waals surface area contributed by atoms with E-state index in [0.717, 1.165) is 12.8 Å². The molecule has 1 aromatic rings. The number of thiophene rings is 1. The standard InChI is InChI=1S/C9H15NOS/c10-4-1-8(2-5-11)9-3-6-12-7-9/h3,6-8,11H,1-2,4-5,10H2/t8-/m0/s1. The Labute approximate surface area is 77.0 Å². The fraction of sp³-hybridized carbons (Fsp3) is 0.556. The summed E-state index contributed by atoms with van der Waals surface area (Å²) in [6, 6.07) is 2.11. The Kier molecular flexibility index (Phi) is 4.29. The molecule has 0 aliphatic heterocycles. The molecule has 3 heteroatoms. The highest BCUT2D eigenvalue weighted by molar-refractivity contribution is 7.07. The molecule has 0 amide bonds. The van der Waals surface area contributed by atoms with Gasteiger partial charge in [0.25, 0.3) is 0 Å². The van der Waals surface area contributed by atoms with Crippen molar-refractivity contribution in [3.8, 4) is 0 Å². The van der Waals surface area contributed by atoms with Gasteiger partial charge in [-0.2, -0.15) is 11.3 Å². The highest BCUT2D eigenvalue weighted by atomic mass is 32.1. The lowest BCUT2D eigenvalue weighted by molar-refractivity contribution is 0.273. The first kappa shape index (κ1) is 9.71.